The molecule has 104 valence electrons. The maximum absolute atomic E-state index is 12.4. The number of carbonyl (C=O) groups is 1. The molecule has 2 rings (SSSR count). The zero-order chi connectivity index (χ0) is 13.9. The van der Waals surface area contributed by atoms with Gasteiger partial charge in [-0.05, 0) is 31.9 Å². The molecule has 19 heavy (non-hydrogen) atoms. The van der Waals surface area contributed by atoms with Crippen molar-refractivity contribution in [2.75, 3.05) is 13.1 Å². The molecule has 0 spiro atoms. The Morgan fingerprint density at radius 1 is 1.47 bits per heavy atom. The number of aliphatic hydroxyl groups is 1. The molecule has 1 aliphatic heterocycles. The molecule has 4 nitrogen and oxygen atoms in total. The molecule has 2 atom stereocenters. The zero-order valence-electron chi connectivity index (χ0n) is 11.5. The molecule has 4 heteroatoms. The van der Waals surface area contributed by atoms with Gasteiger partial charge in [-0.15, -0.1) is 0 Å². The van der Waals surface area contributed by atoms with Gasteiger partial charge in [0.2, 0.25) is 0 Å². The van der Waals surface area contributed by atoms with Crippen LogP contribution in [0.2, 0.25) is 0 Å². The van der Waals surface area contributed by atoms with Gasteiger partial charge in [-0.1, -0.05) is 25.1 Å². The van der Waals surface area contributed by atoms with E-state index in [0.717, 1.165) is 0 Å². The van der Waals surface area contributed by atoms with E-state index in [4.69, 9.17) is 4.74 Å². The molecule has 2 unspecified atom stereocenters. The van der Waals surface area contributed by atoms with E-state index in [9.17, 15) is 9.90 Å². The average Bonchev–Trinajstić information content (AvgIpc) is 2.77. The molecule has 0 aromatic heterocycles. The van der Waals surface area contributed by atoms with Crippen molar-refractivity contribution in [3.8, 4) is 5.75 Å². The summed E-state index contributed by atoms with van der Waals surface area (Å²) < 4.78 is 5.73. The van der Waals surface area contributed by atoms with E-state index >= 15 is 0 Å². The van der Waals surface area contributed by atoms with Crippen LogP contribution in [0.15, 0.2) is 30.3 Å². The quantitative estimate of drug-likeness (QED) is 0.901. The van der Waals surface area contributed by atoms with Crippen molar-refractivity contribution in [1.82, 2.24) is 4.90 Å². The number of nitrogens with zero attached hydrogens (tertiary/aromatic N) is 1. The topological polar surface area (TPSA) is 49.8 Å². The van der Waals surface area contributed by atoms with Gasteiger partial charge in [0.15, 0.2) is 6.10 Å². The summed E-state index contributed by atoms with van der Waals surface area (Å²) in [7, 11) is 0. The zero-order valence-corrected chi connectivity index (χ0v) is 11.5. The SMILES string of the molecule is CCC(Oc1ccccc1)C(=O)N1CCC(C)(O)C1. The smallest absolute Gasteiger partial charge is 0.263 e. The second kappa shape index (κ2) is 5.61. The molecule has 1 fully saturated rings. The summed E-state index contributed by atoms with van der Waals surface area (Å²) in [4.78, 5) is 14.1. The van der Waals surface area contributed by atoms with Gasteiger partial charge in [-0.2, -0.15) is 0 Å². The molecule has 0 saturated carbocycles. The lowest BCUT2D eigenvalue weighted by molar-refractivity contribution is -0.138. The molecule has 1 aromatic rings. The second-order valence-electron chi connectivity index (χ2n) is 5.33. The molecule has 1 amide bonds. The summed E-state index contributed by atoms with van der Waals surface area (Å²) in [5, 5.41) is 9.92. The minimum Gasteiger partial charge on any atom is -0.481 e. The Kier molecular flexibility index (Phi) is 4.10. The van der Waals surface area contributed by atoms with E-state index in [0.29, 0.717) is 31.7 Å². The summed E-state index contributed by atoms with van der Waals surface area (Å²) >= 11 is 0. The average molecular weight is 263 g/mol. The van der Waals surface area contributed by atoms with Gasteiger partial charge < -0.3 is 14.7 Å². The van der Waals surface area contributed by atoms with Gasteiger partial charge in [0.25, 0.3) is 5.91 Å². The van der Waals surface area contributed by atoms with Crippen LogP contribution >= 0.6 is 0 Å². The third kappa shape index (κ3) is 3.47. The van der Waals surface area contributed by atoms with Crippen molar-refractivity contribution in [2.45, 2.75) is 38.4 Å². The molecular formula is C15H21NO3. The van der Waals surface area contributed by atoms with E-state index in [1.165, 1.54) is 0 Å². The number of para-hydroxylation sites is 1. The van der Waals surface area contributed by atoms with E-state index < -0.39 is 11.7 Å². The van der Waals surface area contributed by atoms with Crippen molar-refractivity contribution < 1.29 is 14.6 Å². The third-order valence-corrected chi connectivity index (χ3v) is 3.43. The number of β-amino-alcohol motifs (C(OH)–C–C–N with tert-alkyl or cyclic N) is 1. The van der Waals surface area contributed by atoms with Gasteiger partial charge in [0, 0.05) is 13.1 Å². The summed E-state index contributed by atoms with van der Waals surface area (Å²) in [6, 6.07) is 9.36. The van der Waals surface area contributed by atoms with Crippen LogP contribution in [0, 0.1) is 0 Å². The maximum Gasteiger partial charge on any atom is 0.263 e. The highest BCUT2D eigenvalue weighted by Gasteiger charge is 2.36. The highest BCUT2D eigenvalue weighted by molar-refractivity contribution is 5.81. The van der Waals surface area contributed by atoms with Crippen molar-refractivity contribution in [3.05, 3.63) is 30.3 Å². The highest BCUT2D eigenvalue weighted by Crippen LogP contribution is 2.22. The third-order valence-electron chi connectivity index (χ3n) is 3.43. The second-order valence-corrected chi connectivity index (χ2v) is 5.33. The summed E-state index contributed by atoms with van der Waals surface area (Å²) in [6.45, 7) is 4.68. The molecule has 0 bridgehead atoms. The van der Waals surface area contributed by atoms with Crippen LogP contribution in [0.3, 0.4) is 0 Å². The van der Waals surface area contributed by atoms with Gasteiger partial charge >= 0.3 is 0 Å². The van der Waals surface area contributed by atoms with Crippen LogP contribution in [0.25, 0.3) is 0 Å². The summed E-state index contributed by atoms with van der Waals surface area (Å²) in [5.74, 6) is 0.665. The largest absolute Gasteiger partial charge is 0.481 e. The monoisotopic (exact) mass is 263 g/mol. The first kappa shape index (κ1) is 13.9. The Hall–Kier alpha value is -1.55. The minimum atomic E-state index is -0.763. The fourth-order valence-electron chi connectivity index (χ4n) is 2.31. The fraction of sp³-hybridized carbons (Fsp3) is 0.533. The standard InChI is InChI=1S/C15H21NO3/c1-3-13(19-12-7-5-4-6-8-12)14(17)16-10-9-15(2,18)11-16/h4-8,13,18H,3,9-11H2,1-2H3. The van der Waals surface area contributed by atoms with Gasteiger partial charge in [0.05, 0.1) is 5.60 Å². The summed E-state index contributed by atoms with van der Waals surface area (Å²) in [6.07, 6.45) is 0.767. The normalized spacial score (nSPS) is 24.3. The molecular weight excluding hydrogens is 242 g/mol. The molecule has 1 N–H and O–H groups in total. The maximum atomic E-state index is 12.4. The Labute approximate surface area is 114 Å². The first-order valence-corrected chi connectivity index (χ1v) is 6.75. The lowest BCUT2D eigenvalue weighted by Gasteiger charge is -2.24. The number of hydrogen-bond acceptors (Lipinski definition) is 3. The van der Waals surface area contributed by atoms with Crippen LogP contribution in [-0.2, 0) is 4.79 Å². The van der Waals surface area contributed by atoms with Gasteiger partial charge in [-0.3, -0.25) is 4.79 Å². The number of rotatable bonds is 4. The molecule has 0 aliphatic carbocycles. The lowest BCUT2D eigenvalue weighted by Crippen LogP contribution is -2.42. The van der Waals surface area contributed by atoms with Crippen LogP contribution in [0.5, 0.6) is 5.75 Å². The Morgan fingerprint density at radius 2 is 2.16 bits per heavy atom. The first-order chi connectivity index (χ1) is 9.02. The summed E-state index contributed by atoms with van der Waals surface area (Å²) in [5.41, 5.74) is -0.763. The van der Waals surface area contributed by atoms with E-state index in [2.05, 4.69) is 0 Å². The number of likely N-dealkylation sites (tertiary alicyclic amines) is 1. The van der Waals surface area contributed by atoms with Gasteiger partial charge in [0.1, 0.15) is 5.75 Å². The van der Waals surface area contributed by atoms with Crippen molar-refractivity contribution in [3.63, 3.8) is 0 Å². The van der Waals surface area contributed by atoms with Crippen LogP contribution < -0.4 is 4.74 Å². The number of hydrogen-bond donors (Lipinski definition) is 1. The molecule has 1 heterocycles. The lowest BCUT2D eigenvalue weighted by atomic mass is 10.1. The molecule has 0 radical (unpaired) electrons. The molecule has 1 saturated heterocycles. The van der Waals surface area contributed by atoms with Crippen molar-refractivity contribution in [1.29, 1.82) is 0 Å². The Balaban J connectivity index is 2.00. The van der Waals surface area contributed by atoms with E-state index in [-0.39, 0.29) is 5.91 Å². The minimum absolute atomic E-state index is 0.0378. The number of carbonyl (C=O) groups excluding carboxylic acids is 1. The number of benzene rings is 1. The number of amides is 1. The Bertz CT molecular complexity index is 430. The Morgan fingerprint density at radius 3 is 2.68 bits per heavy atom. The van der Waals surface area contributed by atoms with E-state index in [1.807, 2.05) is 37.3 Å². The van der Waals surface area contributed by atoms with Gasteiger partial charge in [-0.25, -0.2) is 0 Å². The molecule has 1 aromatic carbocycles. The highest BCUT2D eigenvalue weighted by atomic mass is 16.5. The number of ether oxygens (including phenoxy) is 1. The van der Waals surface area contributed by atoms with Crippen LogP contribution in [-0.4, -0.2) is 40.7 Å². The fourth-order valence-corrected chi connectivity index (χ4v) is 2.31. The van der Waals surface area contributed by atoms with Crippen molar-refractivity contribution >= 4 is 5.91 Å². The van der Waals surface area contributed by atoms with Crippen LogP contribution in [0.4, 0.5) is 0 Å². The first-order valence-electron chi connectivity index (χ1n) is 6.75. The van der Waals surface area contributed by atoms with E-state index in [1.54, 1.807) is 11.8 Å². The predicted molar refractivity (Wildman–Crippen MR) is 73.0 cm³/mol. The predicted octanol–water partition coefficient (Wildman–Crippen LogP) is 1.83. The van der Waals surface area contributed by atoms with Crippen molar-refractivity contribution in [2.24, 2.45) is 0 Å². The van der Waals surface area contributed by atoms with Crippen LogP contribution in [0.1, 0.15) is 26.7 Å². The molecule has 1 aliphatic rings.